The van der Waals surface area contributed by atoms with E-state index in [1.54, 1.807) is 0 Å². The highest BCUT2D eigenvalue weighted by Gasteiger charge is 2.24. The molecule has 21 heavy (non-hydrogen) atoms. The number of hydrazine groups is 1. The largest absolute Gasteiger partial charge is 0.373 e. The molecule has 0 spiro atoms. The maximum atomic E-state index is 11.5. The van der Waals surface area contributed by atoms with Crippen LogP contribution in [-0.2, 0) is 22.6 Å². The van der Waals surface area contributed by atoms with Gasteiger partial charge in [0.25, 0.3) is 0 Å². The number of carbonyl (C=O) groups is 1. The molecule has 1 amide bonds. The lowest BCUT2D eigenvalue weighted by Gasteiger charge is -2.31. The first-order valence-corrected chi connectivity index (χ1v) is 7.92. The third-order valence-corrected chi connectivity index (χ3v) is 4.45. The van der Waals surface area contributed by atoms with Gasteiger partial charge in [-0.1, -0.05) is 50.5 Å². The summed E-state index contributed by atoms with van der Waals surface area (Å²) in [5.74, 6) is 5.67. The van der Waals surface area contributed by atoms with Gasteiger partial charge in [0.2, 0.25) is 5.91 Å². The van der Waals surface area contributed by atoms with Gasteiger partial charge in [0, 0.05) is 0 Å². The van der Waals surface area contributed by atoms with Crippen molar-refractivity contribution in [3.8, 4) is 0 Å². The molecule has 1 aliphatic carbocycles. The Kier molecular flexibility index (Phi) is 6.21. The van der Waals surface area contributed by atoms with Crippen LogP contribution in [0.15, 0.2) is 24.3 Å². The lowest BCUT2D eigenvalue weighted by Crippen LogP contribution is -2.31. The lowest BCUT2D eigenvalue weighted by atomic mass is 9.85. The average Bonchev–Trinajstić information content (AvgIpc) is 2.54. The molecule has 0 aliphatic heterocycles. The van der Waals surface area contributed by atoms with Gasteiger partial charge in [0.15, 0.2) is 0 Å². The number of hydrogen-bond donors (Lipinski definition) is 2. The summed E-state index contributed by atoms with van der Waals surface area (Å²) in [5.41, 5.74) is 4.26. The fourth-order valence-electron chi connectivity index (χ4n) is 3.15. The number of nitrogens with one attached hydrogen (secondary N) is 1. The first-order chi connectivity index (χ1) is 10.2. The molecule has 4 nitrogen and oxygen atoms in total. The number of carbonyl (C=O) groups excluding carboxylic acids is 1. The summed E-state index contributed by atoms with van der Waals surface area (Å²) in [6.07, 6.45) is 6.87. The smallest absolute Gasteiger partial charge is 0.238 e. The molecule has 1 aliphatic rings. The van der Waals surface area contributed by atoms with E-state index >= 15 is 0 Å². The zero-order valence-corrected chi connectivity index (χ0v) is 12.8. The number of amides is 1. The number of ether oxygens (including phenoxy) is 1. The van der Waals surface area contributed by atoms with Crippen molar-refractivity contribution in [2.45, 2.75) is 58.2 Å². The standard InChI is InChI=1S/C17H26N2O2/c1-2-13-7-5-6-10-16(13)21-12-15-9-4-3-8-14(15)11-17(20)19-18/h3-4,8-9,13,16H,2,5-7,10-12,18H2,1H3,(H,19,20). The molecule has 0 saturated heterocycles. The topological polar surface area (TPSA) is 64.3 Å². The molecule has 0 radical (unpaired) electrons. The Balaban J connectivity index is 1.97. The summed E-state index contributed by atoms with van der Waals surface area (Å²) in [5, 5.41) is 0. The summed E-state index contributed by atoms with van der Waals surface area (Å²) in [4.78, 5) is 11.5. The molecular formula is C17H26N2O2. The molecule has 0 heterocycles. The van der Waals surface area contributed by atoms with E-state index in [9.17, 15) is 4.79 Å². The maximum Gasteiger partial charge on any atom is 0.238 e. The minimum absolute atomic E-state index is 0.174. The van der Waals surface area contributed by atoms with Gasteiger partial charge in [-0.3, -0.25) is 10.2 Å². The van der Waals surface area contributed by atoms with E-state index in [1.807, 2.05) is 24.3 Å². The Morgan fingerprint density at radius 1 is 1.29 bits per heavy atom. The van der Waals surface area contributed by atoms with Crippen LogP contribution < -0.4 is 11.3 Å². The van der Waals surface area contributed by atoms with E-state index in [2.05, 4.69) is 12.3 Å². The van der Waals surface area contributed by atoms with Crippen molar-refractivity contribution in [1.82, 2.24) is 5.43 Å². The third-order valence-electron chi connectivity index (χ3n) is 4.45. The predicted octanol–water partition coefficient (Wildman–Crippen LogP) is 2.70. The van der Waals surface area contributed by atoms with Crippen molar-refractivity contribution in [2.24, 2.45) is 11.8 Å². The van der Waals surface area contributed by atoms with Crippen molar-refractivity contribution in [2.75, 3.05) is 0 Å². The van der Waals surface area contributed by atoms with Crippen LogP contribution in [0.3, 0.4) is 0 Å². The van der Waals surface area contributed by atoms with Crippen LogP contribution >= 0.6 is 0 Å². The van der Waals surface area contributed by atoms with E-state index < -0.39 is 0 Å². The van der Waals surface area contributed by atoms with Crippen LogP contribution in [0.2, 0.25) is 0 Å². The SMILES string of the molecule is CCC1CCCCC1OCc1ccccc1CC(=O)NN. The van der Waals surface area contributed by atoms with Gasteiger partial charge in [-0.2, -0.15) is 0 Å². The van der Waals surface area contributed by atoms with Crippen LogP contribution in [0.25, 0.3) is 0 Å². The van der Waals surface area contributed by atoms with Gasteiger partial charge >= 0.3 is 0 Å². The van der Waals surface area contributed by atoms with E-state index in [0.717, 1.165) is 17.5 Å². The summed E-state index contributed by atoms with van der Waals surface area (Å²) >= 11 is 0. The molecule has 1 saturated carbocycles. The Labute approximate surface area is 127 Å². The normalized spacial score (nSPS) is 22.0. The van der Waals surface area contributed by atoms with E-state index in [0.29, 0.717) is 25.0 Å². The zero-order valence-electron chi connectivity index (χ0n) is 12.8. The van der Waals surface area contributed by atoms with Crippen molar-refractivity contribution in [1.29, 1.82) is 0 Å². The van der Waals surface area contributed by atoms with Gasteiger partial charge < -0.3 is 4.74 Å². The Hall–Kier alpha value is -1.39. The fraction of sp³-hybridized carbons (Fsp3) is 0.588. The summed E-state index contributed by atoms with van der Waals surface area (Å²) in [6.45, 7) is 2.82. The second-order valence-corrected chi connectivity index (χ2v) is 5.82. The Morgan fingerprint density at radius 2 is 2.00 bits per heavy atom. The lowest BCUT2D eigenvalue weighted by molar-refractivity contribution is -0.120. The van der Waals surface area contributed by atoms with Gasteiger partial charge in [-0.15, -0.1) is 0 Å². The van der Waals surface area contributed by atoms with Crippen LogP contribution in [0.4, 0.5) is 0 Å². The summed E-state index contributed by atoms with van der Waals surface area (Å²) in [6, 6.07) is 7.92. The molecule has 4 heteroatoms. The van der Waals surface area contributed by atoms with E-state index in [1.165, 1.54) is 25.7 Å². The van der Waals surface area contributed by atoms with Crippen LogP contribution in [-0.4, -0.2) is 12.0 Å². The highest BCUT2D eigenvalue weighted by atomic mass is 16.5. The molecule has 2 atom stereocenters. The Bertz CT molecular complexity index is 462. The minimum atomic E-state index is -0.174. The molecule has 3 N–H and O–H groups in total. The highest BCUT2D eigenvalue weighted by Crippen LogP contribution is 2.30. The summed E-state index contributed by atoms with van der Waals surface area (Å²) < 4.78 is 6.17. The average molecular weight is 290 g/mol. The van der Waals surface area contributed by atoms with E-state index in [4.69, 9.17) is 10.6 Å². The van der Waals surface area contributed by atoms with Crippen molar-refractivity contribution < 1.29 is 9.53 Å². The molecule has 2 rings (SSSR count). The second kappa shape index (κ2) is 8.15. The zero-order chi connectivity index (χ0) is 15.1. The van der Waals surface area contributed by atoms with Crippen LogP contribution in [0.5, 0.6) is 0 Å². The highest BCUT2D eigenvalue weighted by molar-refractivity contribution is 5.78. The van der Waals surface area contributed by atoms with E-state index in [-0.39, 0.29) is 5.91 Å². The summed E-state index contributed by atoms with van der Waals surface area (Å²) in [7, 11) is 0. The van der Waals surface area contributed by atoms with Crippen molar-refractivity contribution >= 4 is 5.91 Å². The number of benzene rings is 1. The number of rotatable bonds is 6. The maximum absolute atomic E-state index is 11.5. The molecule has 1 aromatic rings. The van der Waals surface area contributed by atoms with Gasteiger partial charge in [-0.25, -0.2) is 5.84 Å². The third kappa shape index (κ3) is 4.55. The quantitative estimate of drug-likeness (QED) is 0.481. The monoisotopic (exact) mass is 290 g/mol. The Morgan fingerprint density at radius 3 is 2.71 bits per heavy atom. The molecule has 1 aromatic carbocycles. The minimum Gasteiger partial charge on any atom is -0.373 e. The molecule has 0 aromatic heterocycles. The molecule has 1 fully saturated rings. The second-order valence-electron chi connectivity index (χ2n) is 5.82. The molecule has 2 unspecified atom stereocenters. The molecular weight excluding hydrogens is 264 g/mol. The van der Waals surface area contributed by atoms with Gasteiger partial charge in [0.05, 0.1) is 19.1 Å². The van der Waals surface area contributed by atoms with Crippen LogP contribution in [0, 0.1) is 5.92 Å². The van der Waals surface area contributed by atoms with Crippen molar-refractivity contribution in [3.63, 3.8) is 0 Å². The molecule has 0 bridgehead atoms. The van der Waals surface area contributed by atoms with Gasteiger partial charge in [0.1, 0.15) is 0 Å². The number of hydrogen-bond acceptors (Lipinski definition) is 3. The predicted molar refractivity (Wildman–Crippen MR) is 83.3 cm³/mol. The van der Waals surface area contributed by atoms with Gasteiger partial charge in [-0.05, 0) is 29.9 Å². The van der Waals surface area contributed by atoms with Crippen LogP contribution in [0.1, 0.15) is 50.2 Å². The number of nitrogens with two attached hydrogens (primary N) is 1. The van der Waals surface area contributed by atoms with Crippen molar-refractivity contribution in [3.05, 3.63) is 35.4 Å². The molecule has 116 valence electrons. The first-order valence-electron chi connectivity index (χ1n) is 7.92. The fourth-order valence-corrected chi connectivity index (χ4v) is 3.15. The first kappa shape index (κ1) is 16.0.